The summed E-state index contributed by atoms with van der Waals surface area (Å²) in [5.74, 6) is -0.920. The Hall–Kier alpha value is -1.72. The van der Waals surface area contributed by atoms with Gasteiger partial charge in [0.2, 0.25) is 0 Å². The molecule has 0 saturated heterocycles. The second-order valence-corrected chi connectivity index (χ2v) is 2.41. The summed E-state index contributed by atoms with van der Waals surface area (Å²) in [6.45, 7) is 0. The minimum Gasteiger partial charge on any atom is -0.503 e. The van der Waals surface area contributed by atoms with Gasteiger partial charge in [0.25, 0.3) is 12.3 Å². The largest absolute Gasteiger partial charge is 0.503 e. The van der Waals surface area contributed by atoms with Crippen molar-refractivity contribution in [1.29, 1.82) is 0 Å². The topological polar surface area (TPSA) is 59.4 Å². The molecule has 0 atom stereocenters. The minimum absolute atomic E-state index is 0.255. The van der Waals surface area contributed by atoms with Crippen molar-refractivity contribution in [1.82, 2.24) is 4.98 Å². The van der Waals surface area contributed by atoms with E-state index in [0.717, 1.165) is 13.2 Å². The summed E-state index contributed by atoms with van der Waals surface area (Å²) in [6, 6.07) is 0.815. The summed E-state index contributed by atoms with van der Waals surface area (Å²) < 4.78 is 29.0. The second-order valence-electron chi connectivity index (χ2n) is 2.41. The lowest BCUT2D eigenvalue weighted by Gasteiger charge is -2.06. The van der Waals surface area contributed by atoms with Crippen LogP contribution >= 0.6 is 0 Å². The Morgan fingerprint density at radius 1 is 1.64 bits per heavy atom. The van der Waals surface area contributed by atoms with Crippen LogP contribution in [0.3, 0.4) is 0 Å². The van der Waals surface area contributed by atoms with Crippen LogP contribution in [-0.4, -0.2) is 23.5 Å². The molecule has 4 nitrogen and oxygen atoms in total. The molecular formula is C8H7F2NO3. The van der Waals surface area contributed by atoms with E-state index in [-0.39, 0.29) is 17.7 Å². The Bertz CT molecular complexity index is 355. The first kappa shape index (κ1) is 10.4. The van der Waals surface area contributed by atoms with Gasteiger partial charge in [-0.25, -0.2) is 13.8 Å². The molecule has 0 aromatic carbocycles. The van der Waals surface area contributed by atoms with Gasteiger partial charge >= 0.3 is 0 Å². The highest BCUT2D eigenvalue weighted by molar-refractivity contribution is 5.80. The summed E-state index contributed by atoms with van der Waals surface area (Å²) >= 11 is 0. The molecule has 14 heavy (non-hydrogen) atoms. The Balaban J connectivity index is 3.31. The molecule has 1 N–H and O–H groups in total. The Kier molecular flexibility index (Phi) is 2.95. The number of carbonyl (C=O) groups excluding carboxylic acids is 1. The van der Waals surface area contributed by atoms with Crippen molar-refractivity contribution in [3.8, 4) is 11.6 Å². The third-order valence-corrected chi connectivity index (χ3v) is 1.55. The van der Waals surface area contributed by atoms with Crippen molar-refractivity contribution in [2.75, 3.05) is 7.11 Å². The van der Waals surface area contributed by atoms with Gasteiger partial charge < -0.3 is 9.84 Å². The van der Waals surface area contributed by atoms with Crippen LogP contribution in [0.4, 0.5) is 8.78 Å². The van der Waals surface area contributed by atoms with E-state index in [1.165, 1.54) is 0 Å². The van der Waals surface area contributed by atoms with E-state index < -0.39 is 17.9 Å². The molecule has 1 aromatic rings. The van der Waals surface area contributed by atoms with E-state index in [9.17, 15) is 18.7 Å². The van der Waals surface area contributed by atoms with Crippen molar-refractivity contribution in [3.63, 3.8) is 0 Å². The van der Waals surface area contributed by atoms with Gasteiger partial charge in [0.15, 0.2) is 12.0 Å². The highest BCUT2D eigenvalue weighted by atomic mass is 19.3. The molecule has 0 amide bonds. The predicted molar refractivity (Wildman–Crippen MR) is 42.8 cm³/mol. The van der Waals surface area contributed by atoms with Crippen LogP contribution in [0.15, 0.2) is 6.07 Å². The quantitative estimate of drug-likeness (QED) is 0.757. The van der Waals surface area contributed by atoms with Crippen molar-refractivity contribution < 1.29 is 23.4 Å². The lowest BCUT2D eigenvalue weighted by molar-refractivity contribution is 0.111. The Morgan fingerprint density at radius 2 is 2.29 bits per heavy atom. The zero-order chi connectivity index (χ0) is 10.7. The normalized spacial score (nSPS) is 10.3. The molecular weight excluding hydrogens is 196 g/mol. The molecule has 0 fully saturated rings. The number of methoxy groups -OCH3 is 1. The molecule has 76 valence electrons. The average Bonchev–Trinajstić information content (AvgIpc) is 2.17. The molecule has 6 heteroatoms. The number of aromatic hydroxyl groups is 1. The van der Waals surface area contributed by atoms with Crippen molar-refractivity contribution in [2.24, 2.45) is 0 Å². The SMILES string of the molecule is COc1nc(C(F)F)cc(C=O)c1O. The van der Waals surface area contributed by atoms with Crippen molar-refractivity contribution >= 4 is 6.29 Å². The van der Waals surface area contributed by atoms with Gasteiger partial charge in [0.05, 0.1) is 12.7 Å². The molecule has 0 aliphatic rings. The number of hydrogen-bond acceptors (Lipinski definition) is 4. The molecule has 0 saturated carbocycles. The molecule has 0 spiro atoms. The molecule has 0 unspecified atom stereocenters. The lowest BCUT2D eigenvalue weighted by atomic mass is 10.2. The van der Waals surface area contributed by atoms with Gasteiger partial charge in [-0.3, -0.25) is 4.79 Å². The standard InChI is InChI=1S/C8H7F2NO3/c1-14-8-6(13)4(3-12)2-5(11-8)7(9)10/h2-3,7,13H,1H3. The zero-order valence-electron chi connectivity index (χ0n) is 7.20. The smallest absolute Gasteiger partial charge is 0.280 e. The monoisotopic (exact) mass is 203 g/mol. The predicted octanol–water partition coefficient (Wildman–Crippen LogP) is 1.55. The van der Waals surface area contributed by atoms with Crippen molar-refractivity contribution in [2.45, 2.75) is 6.43 Å². The van der Waals surface area contributed by atoms with Crippen LogP contribution in [0.5, 0.6) is 11.6 Å². The molecule has 1 aromatic heterocycles. The van der Waals surface area contributed by atoms with Crippen LogP contribution in [-0.2, 0) is 0 Å². The summed E-state index contributed by atoms with van der Waals surface area (Å²) in [7, 11) is 1.16. The van der Waals surface area contributed by atoms with Crippen LogP contribution in [0, 0.1) is 0 Å². The van der Waals surface area contributed by atoms with Gasteiger partial charge in [-0.05, 0) is 6.07 Å². The molecule has 1 heterocycles. The first-order valence-electron chi connectivity index (χ1n) is 3.61. The number of ether oxygens (including phenoxy) is 1. The third-order valence-electron chi connectivity index (χ3n) is 1.55. The molecule has 0 aliphatic heterocycles. The first-order valence-corrected chi connectivity index (χ1v) is 3.61. The van der Waals surface area contributed by atoms with E-state index in [0.29, 0.717) is 0 Å². The van der Waals surface area contributed by atoms with Crippen LogP contribution < -0.4 is 4.74 Å². The van der Waals surface area contributed by atoms with Gasteiger partial charge in [-0.15, -0.1) is 0 Å². The Morgan fingerprint density at radius 3 is 2.71 bits per heavy atom. The fourth-order valence-corrected chi connectivity index (χ4v) is 0.898. The van der Waals surface area contributed by atoms with Crippen LogP contribution in [0.1, 0.15) is 22.5 Å². The maximum absolute atomic E-state index is 12.2. The van der Waals surface area contributed by atoms with Crippen LogP contribution in [0.25, 0.3) is 0 Å². The maximum atomic E-state index is 12.2. The van der Waals surface area contributed by atoms with Crippen LogP contribution in [0.2, 0.25) is 0 Å². The van der Waals surface area contributed by atoms with Gasteiger partial charge in [0.1, 0.15) is 5.69 Å². The number of aldehydes is 1. The highest BCUT2D eigenvalue weighted by Gasteiger charge is 2.17. The minimum atomic E-state index is -2.82. The summed E-state index contributed by atoms with van der Waals surface area (Å²) in [6.07, 6.45) is -2.56. The van der Waals surface area contributed by atoms with E-state index >= 15 is 0 Å². The van der Waals surface area contributed by atoms with E-state index in [1.807, 2.05) is 0 Å². The highest BCUT2D eigenvalue weighted by Crippen LogP contribution is 2.30. The number of halogens is 2. The number of hydrogen-bond donors (Lipinski definition) is 1. The van der Waals surface area contributed by atoms with Crippen molar-refractivity contribution in [3.05, 3.63) is 17.3 Å². The average molecular weight is 203 g/mol. The van der Waals surface area contributed by atoms with Gasteiger partial charge in [-0.1, -0.05) is 0 Å². The fourth-order valence-electron chi connectivity index (χ4n) is 0.898. The number of rotatable bonds is 3. The molecule has 0 aliphatic carbocycles. The number of alkyl halides is 2. The number of nitrogens with zero attached hydrogens (tertiary/aromatic N) is 1. The molecule has 1 rings (SSSR count). The van der Waals surface area contributed by atoms with E-state index in [4.69, 9.17) is 0 Å². The summed E-state index contributed by atoms with van der Waals surface area (Å²) in [5, 5.41) is 9.23. The number of pyridine rings is 1. The maximum Gasteiger partial charge on any atom is 0.280 e. The number of carbonyl (C=O) groups is 1. The van der Waals surface area contributed by atoms with Gasteiger partial charge in [0, 0.05) is 0 Å². The Labute approximate surface area is 78.1 Å². The van der Waals surface area contributed by atoms with E-state index in [1.54, 1.807) is 0 Å². The third kappa shape index (κ3) is 1.78. The van der Waals surface area contributed by atoms with E-state index in [2.05, 4.69) is 9.72 Å². The molecule has 0 bridgehead atoms. The first-order chi connectivity index (χ1) is 6.60. The second kappa shape index (κ2) is 3.99. The lowest BCUT2D eigenvalue weighted by Crippen LogP contribution is -1.98. The molecule has 0 radical (unpaired) electrons. The van der Waals surface area contributed by atoms with Gasteiger partial charge in [-0.2, -0.15) is 0 Å². The summed E-state index contributed by atoms with van der Waals surface area (Å²) in [5.41, 5.74) is -0.881. The summed E-state index contributed by atoms with van der Waals surface area (Å²) in [4.78, 5) is 13.7. The fraction of sp³-hybridized carbons (Fsp3) is 0.250. The number of aromatic nitrogens is 1. The zero-order valence-corrected chi connectivity index (χ0v) is 7.20.